The van der Waals surface area contributed by atoms with Crippen LogP contribution in [0.3, 0.4) is 0 Å². The fourth-order valence-corrected chi connectivity index (χ4v) is 4.82. The fourth-order valence-electron chi connectivity index (χ4n) is 3.33. The van der Waals surface area contributed by atoms with Crippen LogP contribution in [0.25, 0.3) is 11.1 Å². The molecular weight excluding hydrogens is 576 g/mol. The van der Waals surface area contributed by atoms with Crippen molar-refractivity contribution in [3.05, 3.63) is 83.3 Å². The molecule has 4 aromatic rings. The Labute approximate surface area is 228 Å². The Balaban J connectivity index is 1.35. The van der Waals surface area contributed by atoms with E-state index in [1.807, 2.05) is 42.5 Å². The molecule has 0 aliphatic heterocycles. The molecular formula is C26H23BrN4O6S. The highest BCUT2D eigenvalue weighted by Crippen LogP contribution is 2.30. The number of ether oxygens (including phenoxy) is 3. The number of nitrogens with one attached hydrogen (secondary N) is 2. The van der Waals surface area contributed by atoms with Crippen LogP contribution in [-0.2, 0) is 14.8 Å². The number of halogens is 1. The molecule has 0 spiro atoms. The summed E-state index contributed by atoms with van der Waals surface area (Å²) in [5, 5.41) is 2.68. The number of amides is 1. The van der Waals surface area contributed by atoms with Crippen molar-refractivity contribution in [2.45, 2.75) is 4.90 Å². The van der Waals surface area contributed by atoms with Crippen molar-refractivity contribution in [2.75, 3.05) is 30.9 Å². The second-order valence-electron chi connectivity index (χ2n) is 7.76. The molecule has 1 aromatic heterocycles. The molecule has 2 N–H and O–H groups in total. The number of methoxy groups -OCH3 is 2. The summed E-state index contributed by atoms with van der Waals surface area (Å²) in [4.78, 5) is 20.3. The van der Waals surface area contributed by atoms with Gasteiger partial charge in [0.15, 0.2) is 12.4 Å². The van der Waals surface area contributed by atoms with Crippen molar-refractivity contribution in [1.29, 1.82) is 0 Å². The van der Waals surface area contributed by atoms with Gasteiger partial charge in [-0.2, -0.15) is 9.97 Å². The van der Waals surface area contributed by atoms with E-state index in [0.29, 0.717) is 15.9 Å². The van der Waals surface area contributed by atoms with Crippen LogP contribution in [0.1, 0.15) is 0 Å². The third-order valence-electron chi connectivity index (χ3n) is 5.16. The van der Waals surface area contributed by atoms with Crippen LogP contribution < -0.4 is 24.2 Å². The van der Waals surface area contributed by atoms with Gasteiger partial charge in [-0.25, -0.2) is 8.42 Å². The van der Waals surface area contributed by atoms with Crippen LogP contribution in [0.5, 0.6) is 17.6 Å². The van der Waals surface area contributed by atoms with Crippen molar-refractivity contribution in [2.24, 2.45) is 0 Å². The lowest BCUT2D eigenvalue weighted by molar-refractivity contribution is -0.118. The second kappa shape index (κ2) is 11.9. The molecule has 12 heteroatoms. The number of sulfonamides is 1. The van der Waals surface area contributed by atoms with Gasteiger partial charge < -0.3 is 19.5 Å². The summed E-state index contributed by atoms with van der Waals surface area (Å²) in [5.41, 5.74) is 2.48. The summed E-state index contributed by atoms with van der Waals surface area (Å²) in [6, 6.07) is 22.4. The van der Waals surface area contributed by atoms with Crippen LogP contribution in [0.15, 0.2) is 88.2 Å². The maximum absolute atomic E-state index is 12.8. The largest absolute Gasteiger partial charge is 0.483 e. The van der Waals surface area contributed by atoms with Crippen molar-refractivity contribution >= 4 is 43.4 Å². The molecule has 0 radical (unpaired) electrons. The lowest BCUT2D eigenvalue weighted by Crippen LogP contribution is -2.20. The van der Waals surface area contributed by atoms with Crippen molar-refractivity contribution < 1.29 is 27.4 Å². The predicted octanol–water partition coefficient (Wildman–Crippen LogP) is 4.74. The van der Waals surface area contributed by atoms with Gasteiger partial charge in [-0.05, 0) is 63.5 Å². The van der Waals surface area contributed by atoms with Gasteiger partial charge in [0.25, 0.3) is 15.9 Å². The Kier molecular flexibility index (Phi) is 8.44. The average Bonchev–Trinajstić information content (AvgIpc) is 2.92. The van der Waals surface area contributed by atoms with Gasteiger partial charge in [-0.1, -0.05) is 36.4 Å². The van der Waals surface area contributed by atoms with Crippen LogP contribution in [0, 0.1) is 0 Å². The van der Waals surface area contributed by atoms with Gasteiger partial charge in [0.05, 0.1) is 23.6 Å². The molecule has 1 heterocycles. The molecule has 0 saturated carbocycles. The van der Waals surface area contributed by atoms with Crippen molar-refractivity contribution in [3.63, 3.8) is 0 Å². The second-order valence-corrected chi connectivity index (χ2v) is 10.3. The summed E-state index contributed by atoms with van der Waals surface area (Å²) in [6.45, 7) is -0.234. The first-order valence-corrected chi connectivity index (χ1v) is 13.4. The summed E-state index contributed by atoms with van der Waals surface area (Å²) in [7, 11) is -1.24. The molecule has 10 nitrogen and oxygen atoms in total. The zero-order valence-electron chi connectivity index (χ0n) is 20.3. The van der Waals surface area contributed by atoms with Crippen molar-refractivity contribution in [1.82, 2.24) is 9.97 Å². The van der Waals surface area contributed by atoms with Gasteiger partial charge in [0.2, 0.25) is 5.88 Å². The first-order valence-electron chi connectivity index (χ1n) is 11.1. The van der Waals surface area contributed by atoms with E-state index in [0.717, 1.165) is 11.1 Å². The number of carbonyl (C=O) groups is 1. The number of anilines is 2. The molecule has 196 valence electrons. The first kappa shape index (κ1) is 26.9. The number of hydrogen-bond donors (Lipinski definition) is 2. The summed E-state index contributed by atoms with van der Waals surface area (Å²) in [6.07, 6.45) is 0. The van der Waals surface area contributed by atoms with E-state index in [-0.39, 0.29) is 29.2 Å². The van der Waals surface area contributed by atoms with Crippen molar-refractivity contribution in [3.8, 4) is 28.8 Å². The van der Waals surface area contributed by atoms with E-state index >= 15 is 0 Å². The van der Waals surface area contributed by atoms with Gasteiger partial charge in [-0.3, -0.25) is 9.52 Å². The average molecular weight is 599 g/mol. The maximum atomic E-state index is 12.8. The van der Waals surface area contributed by atoms with Crippen LogP contribution in [0.2, 0.25) is 0 Å². The number of carbonyl (C=O) groups excluding carboxylic acids is 1. The van der Waals surface area contributed by atoms with Crippen LogP contribution in [0.4, 0.5) is 11.5 Å². The quantitative estimate of drug-likeness (QED) is 0.268. The van der Waals surface area contributed by atoms with E-state index < -0.39 is 15.9 Å². The van der Waals surface area contributed by atoms with Gasteiger partial charge in [0, 0.05) is 11.8 Å². The summed E-state index contributed by atoms with van der Waals surface area (Å²) >= 11 is 3.49. The molecule has 0 fully saturated rings. The fraction of sp³-hybridized carbons (Fsp3) is 0.115. The molecule has 0 atom stereocenters. The number of benzene rings is 3. The topological polar surface area (TPSA) is 129 Å². The monoisotopic (exact) mass is 598 g/mol. The molecule has 0 aliphatic carbocycles. The number of hydrogen-bond acceptors (Lipinski definition) is 8. The zero-order chi connectivity index (χ0) is 27.1. The molecule has 38 heavy (non-hydrogen) atoms. The number of aromatic nitrogens is 2. The lowest BCUT2D eigenvalue weighted by atomic mass is 10.1. The molecule has 0 bridgehead atoms. The minimum Gasteiger partial charge on any atom is -0.483 e. The Hall–Kier alpha value is -4.16. The summed E-state index contributed by atoms with van der Waals surface area (Å²) in [5.74, 6) is 0.225. The standard InChI is InChI=1S/C26H23BrN4O6S/c1-35-25-15-23(29-26(30-25)36-2)31-38(33,34)20-11-9-19(10-12-20)28-24(32)16-37-22-13-8-18(14-21(22)27)17-6-4-3-5-7-17/h3-15H,16H2,1-2H3,(H,28,32)(H,29,30,31). The Morgan fingerprint density at radius 1 is 0.895 bits per heavy atom. The predicted molar refractivity (Wildman–Crippen MR) is 146 cm³/mol. The first-order chi connectivity index (χ1) is 18.3. The van der Waals surface area contributed by atoms with Crippen LogP contribution in [-0.4, -0.2) is 45.1 Å². The highest BCUT2D eigenvalue weighted by Gasteiger charge is 2.17. The highest BCUT2D eigenvalue weighted by atomic mass is 79.9. The van der Waals surface area contributed by atoms with Gasteiger partial charge in [-0.15, -0.1) is 0 Å². The third-order valence-corrected chi connectivity index (χ3v) is 7.15. The Morgan fingerprint density at radius 2 is 1.63 bits per heavy atom. The maximum Gasteiger partial charge on any atom is 0.321 e. The molecule has 0 aliphatic rings. The molecule has 4 rings (SSSR count). The van der Waals surface area contributed by atoms with Gasteiger partial charge >= 0.3 is 6.01 Å². The van der Waals surface area contributed by atoms with E-state index in [4.69, 9.17) is 14.2 Å². The molecule has 0 saturated heterocycles. The van der Waals surface area contributed by atoms with E-state index in [9.17, 15) is 13.2 Å². The molecule has 0 unspecified atom stereocenters. The third kappa shape index (κ3) is 6.78. The van der Waals surface area contributed by atoms with E-state index in [2.05, 4.69) is 35.9 Å². The highest BCUT2D eigenvalue weighted by molar-refractivity contribution is 9.10. The molecule has 1 amide bonds. The lowest BCUT2D eigenvalue weighted by Gasteiger charge is -2.11. The number of rotatable bonds is 10. The summed E-state index contributed by atoms with van der Waals surface area (Å²) < 4.78 is 44.3. The zero-order valence-corrected chi connectivity index (χ0v) is 22.7. The van der Waals surface area contributed by atoms with Gasteiger partial charge in [0.1, 0.15) is 5.75 Å². The normalized spacial score (nSPS) is 10.9. The number of nitrogens with zero attached hydrogens (tertiary/aromatic N) is 2. The minimum absolute atomic E-state index is 0.0220. The SMILES string of the molecule is COc1cc(NS(=O)(=O)c2ccc(NC(=O)COc3ccc(-c4ccccc4)cc3Br)cc2)nc(OC)n1. The van der Waals surface area contributed by atoms with E-state index in [1.165, 1.54) is 44.6 Å². The Morgan fingerprint density at radius 3 is 2.29 bits per heavy atom. The van der Waals surface area contributed by atoms with Crippen LogP contribution >= 0.6 is 15.9 Å². The minimum atomic E-state index is -3.98. The smallest absolute Gasteiger partial charge is 0.321 e. The Bertz CT molecular complexity index is 1510. The van der Waals surface area contributed by atoms with E-state index in [1.54, 1.807) is 6.07 Å². The molecule has 3 aromatic carbocycles.